The lowest BCUT2D eigenvalue weighted by molar-refractivity contribution is -0.114. The van der Waals surface area contributed by atoms with Gasteiger partial charge >= 0.3 is 0 Å². The van der Waals surface area contributed by atoms with Crippen molar-refractivity contribution in [2.45, 2.75) is 57.2 Å². The third-order valence-electron chi connectivity index (χ3n) is 8.75. The number of hydrogen-bond donors (Lipinski definition) is 3. The molecule has 0 saturated carbocycles. The fourth-order valence-electron chi connectivity index (χ4n) is 7.18. The van der Waals surface area contributed by atoms with Crippen molar-refractivity contribution in [3.05, 3.63) is 90.0 Å². The Morgan fingerprint density at radius 3 is 2.67 bits per heavy atom. The van der Waals surface area contributed by atoms with Crippen LogP contribution in [0, 0.1) is 5.92 Å². The molecule has 0 aliphatic carbocycles. The summed E-state index contributed by atoms with van der Waals surface area (Å²) in [4.78, 5) is 22.2. The highest BCUT2D eigenvalue weighted by Gasteiger charge is 2.46. The molecule has 3 aromatic carbocycles. The molecule has 39 heavy (non-hydrogen) atoms. The normalized spacial score (nSPS) is 23.5. The third-order valence-corrected chi connectivity index (χ3v) is 8.75. The first-order valence-corrected chi connectivity index (χ1v) is 13.8. The molecule has 2 saturated heterocycles. The third kappa shape index (κ3) is 4.27. The molecule has 7 heteroatoms. The molecule has 3 N–H and O–H groups in total. The van der Waals surface area contributed by atoms with E-state index in [9.17, 15) is 9.90 Å². The quantitative estimate of drug-likeness (QED) is 0.282. The molecule has 1 amide bonds. The highest BCUT2D eigenvalue weighted by molar-refractivity contribution is 5.94. The van der Waals surface area contributed by atoms with Crippen LogP contribution < -0.4 is 10.1 Å². The van der Waals surface area contributed by atoms with Crippen molar-refractivity contribution in [1.29, 1.82) is 0 Å². The van der Waals surface area contributed by atoms with Gasteiger partial charge in [-0.05, 0) is 61.4 Å². The number of carbonyl (C=O) groups is 1. The zero-order chi connectivity index (χ0) is 26.5. The monoisotopic (exact) mass is 520 g/mol. The summed E-state index contributed by atoms with van der Waals surface area (Å²) in [5, 5.41) is 14.0. The summed E-state index contributed by atoms with van der Waals surface area (Å²) in [7, 11) is 0. The Labute approximate surface area is 227 Å². The van der Waals surface area contributed by atoms with Gasteiger partial charge in [0.1, 0.15) is 23.1 Å². The van der Waals surface area contributed by atoms with E-state index >= 15 is 0 Å². The molecule has 3 unspecified atom stereocenters. The highest BCUT2D eigenvalue weighted by Crippen LogP contribution is 2.56. The van der Waals surface area contributed by atoms with E-state index in [2.05, 4.69) is 38.4 Å². The number of aromatic hydroxyl groups is 1. The van der Waals surface area contributed by atoms with Gasteiger partial charge in [-0.15, -0.1) is 0 Å². The van der Waals surface area contributed by atoms with Crippen LogP contribution in [0.2, 0.25) is 0 Å². The number of imidazole rings is 1. The molecule has 0 radical (unpaired) electrons. The van der Waals surface area contributed by atoms with E-state index in [0.29, 0.717) is 23.8 Å². The average molecular weight is 521 g/mol. The van der Waals surface area contributed by atoms with Crippen LogP contribution in [0.4, 0.5) is 5.69 Å². The molecule has 7 nitrogen and oxygen atoms in total. The first-order chi connectivity index (χ1) is 19.0. The topological polar surface area (TPSA) is 90.5 Å². The molecule has 7 rings (SSSR count). The number of carbonyl (C=O) groups excluding carboxylic acids is 1. The van der Waals surface area contributed by atoms with Crippen molar-refractivity contribution < 1.29 is 14.6 Å². The predicted molar refractivity (Wildman–Crippen MR) is 150 cm³/mol. The Kier molecular flexibility index (Phi) is 5.89. The fraction of sp³-hybridized carbons (Fsp3) is 0.312. The van der Waals surface area contributed by atoms with Gasteiger partial charge in [0.25, 0.3) is 0 Å². The van der Waals surface area contributed by atoms with Crippen molar-refractivity contribution in [3.8, 4) is 28.4 Å². The number of fused-ring (bicyclic) bond motifs is 4. The van der Waals surface area contributed by atoms with E-state index in [0.717, 1.165) is 64.7 Å². The van der Waals surface area contributed by atoms with Gasteiger partial charge in [0.15, 0.2) is 0 Å². The molecular weight excluding hydrogens is 488 g/mol. The van der Waals surface area contributed by atoms with E-state index < -0.39 is 0 Å². The van der Waals surface area contributed by atoms with Crippen molar-refractivity contribution >= 4 is 11.6 Å². The maximum atomic E-state index is 11.8. The minimum Gasteiger partial charge on any atom is -0.508 e. The summed E-state index contributed by atoms with van der Waals surface area (Å²) in [6.07, 6.45) is 8.26. The lowest BCUT2D eigenvalue weighted by Crippen LogP contribution is -2.44. The number of nitrogens with one attached hydrogen (secondary N) is 2. The van der Waals surface area contributed by atoms with Gasteiger partial charge in [0, 0.05) is 59.7 Å². The van der Waals surface area contributed by atoms with E-state index in [-0.39, 0.29) is 11.8 Å². The summed E-state index contributed by atoms with van der Waals surface area (Å²) in [6, 6.07) is 20.8. The minimum atomic E-state index is -0.103. The van der Waals surface area contributed by atoms with E-state index in [4.69, 9.17) is 4.74 Å². The Bertz CT molecular complexity index is 1520. The van der Waals surface area contributed by atoms with Crippen molar-refractivity contribution in [2.24, 2.45) is 5.92 Å². The standard InChI is InChI=1S/C32H32N4O3/c1-19(37)35-26-6-3-2-5-24(26)20-9-12-25-29(17-20)39-28-8-4-7-27(38)32(28)31(25)21-15-22-10-11-23(16-21)36(22)18-30-33-13-14-34-30/h2-9,12-14,17,21-23,31,38H,10-11,15-16,18H2,1H3,(H,33,34)(H,35,37). The molecule has 0 spiro atoms. The number of rotatable bonds is 5. The number of anilines is 1. The molecule has 2 bridgehead atoms. The zero-order valence-corrected chi connectivity index (χ0v) is 21.9. The number of phenolic OH excluding ortho intramolecular Hbond substituents is 1. The van der Waals surface area contributed by atoms with Crippen molar-refractivity contribution in [3.63, 3.8) is 0 Å². The van der Waals surface area contributed by atoms with Gasteiger partial charge in [-0.1, -0.05) is 36.4 Å². The Hall–Kier alpha value is -4.10. The summed E-state index contributed by atoms with van der Waals surface area (Å²) in [5.41, 5.74) is 4.72. The number of aromatic nitrogens is 2. The lowest BCUT2D eigenvalue weighted by atomic mass is 9.72. The van der Waals surface area contributed by atoms with Gasteiger partial charge in [-0.25, -0.2) is 4.98 Å². The Morgan fingerprint density at radius 2 is 1.90 bits per heavy atom. The van der Waals surface area contributed by atoms with Gasteiger partial charge in [-0.2, -0.15) is 0 Å². The molecule has 1 aromatic heterocycles. The van der Waals surface area contributed by atoms with E-state index in [1.165, 1.54) is 19.8 Å². The smallest absolute Gasteiger partial charge is 0.221 e. The second kappa shape index (κ2) is 9.58. The molecule has 3 aliphatic rings. The Balaban J connectivity index is 1.25. The second-order valence-electron chi connectivity index (χ2n) is 11.1. The number of H-pyrrole nitrogens is 1. The van der Waals surface area contributed by atoms with Crippen LogP contribution in [0.15, 0.2) is 73.1 Å². The number of piperidine rings is 1. The van der Waals surface area contributed by atoms with E-state index in [1.54, 1.807) is 6.07 Å². The van der Waals surface area contributed by atoms with Crippen LogP contribution in [-0.4, -0.2) is 38.0 Å². The molecule has 3 atom stereocenters. The highest BCUT2D eigenvalue weighted by atomic mass is 16.5. The summed E-state index contributed by atoms with van der Waals surface area (Å²) in [6.45, 7) is 2.38. The number of nitrogens with zero attached hydrogens (tertiary/aromatic N) is 2. The largest absolute Gasteiger partial charge is 0.508 e. The van der Waals surface area contributed by atoms with Crippen LogP contribution in [0.3, 0.4) is 0 Å². The molecule has 198 valence electrons. The summed E-state index contributed by atoms with van der Waals surface area (Å²) in [5.74, 6) is 3.21. The van der Waals surface area contributed by atoms with Crippen LogP contribution in [0.25, 0.3) is 11.1 Å². The SMILES string of the molecule is CC(=O)Nc1ccccc1-c1ccc2c(c1)Oc1cccc(O)c1C2C1CC2CCC(C1)N2Cc1ncc[nH]1. The number of aromatic amines is 1. The Morgan fingerprint density at radius 1 is 1.08 bits per heavy atom. The number of amides is 1. The first-order valence-electron chi connectivity index (χ1n) is 13.8. The van der Waals surface area contributed by atoms with Crippen LogP contribution in [0.1, 0.15) is 55.5 Å². The number of benzene rings is 3. The average Bonchev–Trinajstić information content (AvgIpc) is 3.52. The zero-order valence-electron chi connectivity index (χ0n) is 21.9. The number of hydrogen-bond acceptors (Lipinski definition) is 5. The minimum absolute atomic E-state index is 0.0541. The van der Waals surface area contributed by atoms with Crippen molar-refractivity contribution in [2.75, 3.05) is 5.32 Å². The van der Waals surface area contributed by atoms with Gasteiger partial charge in [0.2, 0.25) is 5.91 Å². The van der Waals surface area contributed by atoms with Gasteiger partial charge in [-0.3, -0.25) is 9.69 Å². The van der Waals surface area contributed by atoms with Crippen molar-refractivity contribution in [1.82, 2.24) is 14.9 Å². The van der Waals surface area contributed by atoms with Gasteiger partial charge < -0.3 is 20.1 Å². The summed E-state index contributed by atoms with van der Waals surface area (Å²) < 4.78 is 6.45. The fourth-order valence-corrected chi connectivity index (χ4v) is 7.18. The maximum absolute atomic E-state index is 11.8. The van der Waals surface area contributed by atoms with E-state index in [1.807, 2.05) is 48.8 Å². The molecule has 4 heterocycles. The molecule has 4 aromatic rings. The number of phenols is 1. The maximum Gasteiger partial charge on any atom is 0.221 e. The summed E-state index contributed by atoms with van der Waals surface area (Å²) >= 11 is 0. The number of ether oxygens (including phenoxy) is 1. The lowest BCUT2D eigenvalue weighted by Gasteiger charge is -2.43. The van der Waals surface area contributed by atoms with Crippen LogP contribution >= 0.6 is 0 Å². The number of para-hydroxylation sites is 1. The van der Waals surface area contributed by atoms with Crippen LogP contribution in [0.5, 0.6) is 17.2 Å². The van der Waals surface area contributed by atoms with Crippen LogP contribution in [-0.2, 0) is 11.3 Å². The predicted octanol–water partition coefficient (Wildman–Crippen LogP) is 6.42. The second-order valence-corrected chi connectivity index (χ2v) is 11.1. The first kappa shape index (κ1) is 24.0. The van der Waals surface area contributed by atoms with Gasteiger partial charge in [0.05, 0.1) is 6.54 Å². The molecular formula is C32H32N4O3. The molecule has 3 aliphatic heterocycles. The molecule has 2 fully saturated rings.